The molecule has 1 N–H and O–H groups in total. The van der Waals surface area contributed by atoms with E-state index in [9.17, 15) is 4.79 Å². The fourth-order valence-electron chi connectivity index (χ4n) is 3.08. The summed E-state index contributed by atoms with van der Waals surface area (Å²) in [5.41, 5.74) is 0.363. The van der Waals surface area contributed by atoms with Gasteiger partial charge in [-0.25, -0.2) is 0 Å². The smallest absolute Gasteiger partial charge is 0.268 e. The Morgan fingerprint density at radius 2 is 2.24 bits per heavy atom. The van der Waals surface area contributed by atoms with E-state index in [0.29, 0.717) is 48.2 Å². The summed E-state index contributed by atoms with van der Waals surface area (Å²) in [7, 11) is 1.72. The molecule has 7 heteroatoms. The molecule has 1 aliphatic carbocycles. The van der Waals surface area contributed by atoms with Gasteiger partial charge in [-0.3, -0.25) is 4.79 Å². The molecule has 0 radical (unpaired) electrons. The fraction of sp³-hybridized carbons (Fsp3) is 0.643. The van der Waals surface area contributed by atoms with Gasteiger partial charge in [0.15, 0.2) is 0 Å². The molecule has 0 aromatic carbocycles. The molecule has 2 fully saturated rings. The minimum Gasteiger partial charge on any atom is -0.376 e. The van der Waals surface area contributed by atoms with E-state index in [4.69, 9.17) is 32.7 Å². The van der Waals surface area contributed by atoms with E-state index in [-0.39, 0.29) is 11.5 Å². The molecule has 1 amide bonds. The Kier molecular flexibility index (Phi) is 4.19. The molecule has 2 aliphatic rings. The number of carbonyl (C=O) groups excluding carboxylic acids is 1. The standard InChI is InChI=1S/C14H18Cl2N2O3/c1-18-11(4-10(15)12(18)16)13(19)17-7-9-5-14(6-9)8-20-2-3-21-14/h4,9H,2-3,5-8H2,1H3,(H,17,19). The highest BCUT2D eigenvalue weighted by Gasteiger charge is 2.46. The third kappa shape index (κ3) is 2.93. The second-order valence-corrected chi connectivity index (χ2v) is 6.56. The highest BCUT2D eigenvalue weighted by molar-refractivity contribution is 6.41. The average molecular weight is 333 g/mol. The Morgan fingerprint density at radius 3 is 2.81 bits per heavy atom. The molecule has 0 atom stereocenters. The van der Waals surface area contributed by atoms with E-state index < -0.39 is 0 Å². The van der Waals surface area contributed by atoms with Crippen molar-refractivity contribution in [1.29, 1.82) is 0 Å². The van der Waals surface area contributed by atoms with Crippen LogP contribution < -0.4 is 5.32 Å². The van der Waals surface area contributed by atoms with Crippen LogP contribution in [0.4, 0.5) is 0 Å². The van der Waals surface area contributed by atoms with Crippen LogP contribution in [0.2, 0.25) is 10.2 Å². The zero-order chi connectivity index (χ0) is 15.0. The van der Waals surface area contributed by atoms with Gasteiger partial charge in [-0.15, -0.1) is 0 Å². The van der Waals surface area contributed by atoms with Crippen molar-refractivity contribution < 1.29 is 14.3 Å². The number of hydrogen-bond donors (Lipinski definition) is 1. The van der Waals surface area contributed by atoms with Crippen molar-refractivity contribution in [1.82, 2.24) is 9.88 Å². The molecular formula is C14H18Cl2N2O3. The van der Waals surface area contributed by atoms with E-state index in [0.717, 1.165) is 12.8 Å². The quantitative estimate of drug-likeness (QED) is 0.923. The summed E-state index contributed by atoms with van der Waals surface area (Å²) in [5.74, 6) is 0.273. The maximum absolute atomic E-state index is 12.1. The number of carbonyl (C=O) groups is 1. The van der Waals surface area contributed by atoms with Crippen molar-refractivity contribution in [3.8, 4) is 0 Å². The molecule has 5 nitrogen and oxygen atoms in total. The largest absolute Gasteiger partial charge is 0.376 e. The molecule has 1 saturated carbocycles. The lowest BCUT2D eigenvalue weighted by atomic mass is 9.71. The van der Waals surface area contributed by atoms with Crippen LogP contribution in [-0.4, -0.2) is 42.4 Å². The molecule has 116 valence electrons. The lowest BCUT2D eigenvalue weighted by Crippen LogP contribution is -2.55. The topological polar surface area (TPSA) is 52.5 Å². The minimum atomic E-state index is -0.159. The maximum atomic E-state index is 12.1. The molecule has 1 spiro atoms. The third-order valence-electron chi connectivity index (χ3n) is 4.22. The van der Waals surface area contributed by atoms with Crippen LogP contribution >= 0.6 is 23.2 Å². The van der Waals surface area contributed by atoms with Gasteiger partial charge in [-0.05, 0) is 24.8 Å². The minimum absolute atomic E-state index is 0.106. The predicted molar refractivity (Wildman–Crippen MR) is 80.0 cm³/mol. The summed E-state index contributed by atoms with van der Waals surface area (Å²) in [5, 5.41) is 3.69. The third-order valence-corrected chi connectivity index (χ3v) is 5.06. The van der Waals surface area contributed by atoms with Crippen LogP contribution in [0.25, 0.3) is 0 Å². The van der Waals surface area contributed by atoms with Crippen LogP contribution in [-0.2, 0) is 16.5 Å². The van der Waals surface area contributed by atoms with Crippen molar-refractivity contribution in [2.45, 2.75) is 18.4 Å². The molecule has 0 bridgehead atoms. The number of nitrogens with zero attached hydrogens (tertiary/aromatic N) is 1. The number of rotatable bonds is 3. The van der Waals surface area contributed by atoms with E-state index in [1.807, 2.05) is 0 Å². The summed E-state index contributed by atoms with van der Waals surface area (Å²) in [6.45, 7) is 2.64. The summed E-state index contributed by atoms with van der Waals surface area (Å²) in [6, 6.07) is 1.58. The number of ether oxygens (including phenoxy) is 2. The number of aromatic nitrogens is 1. The lowest BCUT2D eigenvalue weighted by molar-refractivity contribution is -0.208. The van der Waals surface area contributed by atoms with Crippen molar-refractivity contribution in [2.24, 2.45) is 13.0 Å². The normalized spacial score (nSPS) is 28.4. The summed E-state index contributed by atoms with van der Waals surface area (Å²) < 4.78 is 12.8. The van der Waals surface area contributed by atoms with Crippen LogP contribution in [0.1, 0.15) is 23.3 Å². The van der Waals surface area contributed by atoms with Gasteiger partial charge in [-0.1, -0.05) is 23.2 Å². The molecule has 1 aromatic heterocycles. The fourth-order valence-corrected chi connectivity index (χ4v) is 3.45. The zero-order valence-corrected chi connectivity index (χ0v) is 13.3. The average Bonchev–Trinajstić information content (AvgIpc) is 2.71. The summed E-state index contributed by atoms with van der Waals surface area (Å²) in [6.07, 6.45) is 1.86. The maximum Gasteiger partial charge on any atom is 0.268 e. The zero-order valence-electron chi connectivity index (χ0n) is 11.8. The first-order valence-electron chi connectivity index (χ1n) is 7.01. The molecule has 1 saturated heterocycles. The van der Waals surface area contributed by atoms with E-state index in [1.54, 1.807) is 17.7 Å². The molecule has 2 heterocycles. The van der Waals surface area contributed by atoms with Gasteiger partial charge in [0.25, 0.3) is 5.91 Å². The lowest BCUT2D eigenvalue weighted by Gasteiger charge is -2.49. The van der Waals surface area contributed by atoms with Gasteiger partial charge in [0, 0.05) is 13.6 Å². The van der Waals surface area contributed by atoms with Gasteiger partial charge in [0.2, 0.25) is 0 Å². The van der Waals surface area contributed by atoms with Crippen LogP contribution in [0, 0.1) is 5.92 Å². The molecule has 0 unspecified atom stereocenters. The highest BCUT2D eigenvalue weighted by atomic mass is 35.5. The first-order valence-corrected chi connectivity index (χ1v) is 7.77. The van der Waals surface area contributed by atoms with E-state index in [2.05, 4.69) is 5.32 Å². The van der Waals surface area contributed by atoms with Gasteiger partial charge < -0.3 is 19.4 Å². The number of halogens is 2. The van der Waals surface area contributed by atoms with E-state index in [1.165, 1.54) is 0 Å². The molecule has 3 rings (SSSR count). The second kappa shape index (κ2) is 5.80. The Labute approximate surface area is 133 Å². The van der Waals surface area contributed by atoms with Crippen LogP contribution in [0.3, 0.4) is 0 Å². The molecular weight excluding hydrogens is 315 g/mol. The Hall–Kier alpha value is -0.750. The molecule has 21 heavy (non-hydrogen) atoms. The predicted octanol–water partition coefficient (Wildman–Crippen LogP) is 2.26. The van der Waals surface area contributed by atoms with Gasteiger partial charge in [0.1, 0.15) is 10.8 Å². The van der Waals surface area contributed by atoms with E-state index >= 15 is 0 Å². The second-order valence-electron chi connectivity index (χ2n) is 5.80. The van der Waals surface area contributed by atoms with Gasteiger partial charge in [-0.2, -0.15) is 0 Å². The van der Waals surface area contributed by atoms with Gasteiger partial charge >= 0.3 is 0 Å². The van der Waals surface area contributed by atoms with Crippen LogP contribution in [0.5, 0.6) is 0 Å². The van der Waals surface area contributed by atoms with Crippen molar-refractivity contribution >= 4 is 29.1 Å². The Bertz CT molecular complexity index is 545. The van der Waals surface area contributed by atoms with Crippen molar-refractivity contribution in [3.05, 3.63) is 21.9 Å². The van der Waals surface area contributed by atoms with Crippen molar-refractivity contribution in [2.75, 3.05) is 26.4 Å². The number of hydrogen-bond acceptors (Lipinski definition) is 3. The summed E-state index contributed by atoms with van der Waals surface area (Å²) >= 11 is 11.9. The van der Waals surface area contributed by atoms with Crippen molar-refractivity contribution in [3.63, 3.8) is 0 Å². The summed E-state index contributed by atoms with van der Waals surface area (Å²) in [4.78, 5) is 12.1. The Balaban J connectivity index is 1.50. The van der Waals surface area contributed by atoms with Gasteiger partial charge in [0.05, 0.1) is 30.4 Å². The monoisotopic (exact) mass is 332 g/mol. The highest BCUT2D eigenvalue weighted by Crippen LogP contribution is 2.42. The first kappa shape index (κ1) is 15.2. The number of amides is 1. The molecule has 1 aromatic rings. The molecule has 1 aliphatic heterocycles. The number of nitrogens with one attached hydrogen (secondary N) is 1. The Morgan fingerprint density at radius 1 is 1.48 bits per heavy atom. The SMILES string of the molecule is Cn1c(C(=O)NCC2CC3(COCCO3)C2)cc(Cl)c1Cl. The van der Waals surface area contributed by atoms with Crippen LogP contribution in [0.15, 0.2) is 6.07 Å². The first-order chi connectivity index (χ1) is 10.0.